The molecule has 1 atom stereocenters. The van der Waals surface area contributed by atoms with Crippen molar-refractivity contribution < 1.29 is 19.5 Å². The van der Waals surface area contributed by atoms with Crippen molar-refractivity contribution >= 4 is 11.8 Å². The normalized spacial score (nSPS) is 19.9. The number of nitrogens with zero attached hydrogens (tertiary/aromatic N) is 6. The molecular weight excluding hydrogens is 558 g/mol. The Kier molecular flexibility index (Phi) is 8.40. The molecule has 2 amide bonds. The standard InChI is InChI=1S/C33H37N7O4/c1-44-29-13-12-27(40-24-34-36-37-40)22-28(29)30(41)39-21-15-32(23-39,25-8-4-2-5-9-25)14-18-38-19-16-33(17-20-38,31(42)35-43)26-10-6-3-7-11-26/h2-13,22,24,43H,14-21,23H2,1H3,(H,35,42). The lowest BCUT2D eigenvalue weighted by molar-refractivity contribution is -0.137. The van der Waals surface area contributed by atoms with E-state index in [1.165, 1.54) is 16.6 Å². The van der Waals surface area contributed by atoms with Gasteiger partial charge in [0.25, 0.3) is 11.8 Å². The number of carbonyl (C=O) groups is 2. The molecule has 0 spiro atoms. The molecule has 2 fully saturated rings. The first-order valence-corrected chi connectivity index (χ1v) is 15.0. The van der Waals surface area contributed by atoms with Crippen LogP contribution in [0.1, 0.15) is 47.2 Å². The minimum atomic E-state index is -0.754. The summed E-state index contributed by atoms with van der Waals surface area (Å²) in [6.45, 7) is 3.51. The van der Waals surface area contributed by atoms with Crippen molar-refractivity contribution in [2.75, 3.05) is 39.8 Å². The quantitative estimate of drug-likeness (QED) is 0.223. The first-order chi connectivity index (χ1) is 21.5. The molecule has 11 heteroatoms. The van der Waals surface area contributed by atoms with Gasteiger partial charge in [0.05, 0.1) is 23.8 Å². The Labute approximate surface area is 256 Å². The van der Waals surface area contributed by atoms with Gasteiger partial charge in [-0.15, -0.1) is 5.10 Å². The average molecular weight is 596 g/mol. The van der Waals surface area contributed by atoms with Crippen molar-refractivity contribution in [3.8, 4) is 11.4 Å². The third-order valence-corrected chi connectivity index (χ3v) is 9.53. The number of aromatic nitrogens is 4. The number of benzene rings is 3. The molecule has 4 aromatic rings. The van der Waals surface area contributed by atoms with Crippen molar-refractivity contribution in [2.45, 2.75) is 36.5 Å². The summed E-state index contributed by atoms with van der Waals surface area (Å²) in [5, 5.41) is 21.0. The highest BCUT2D eigenvalue weighted by atomic mass is 16.5. The minimum Gasteiger partial charge on any atom is -0.496 e. The number of ether oxygens (including phenoxy) is 1. The van der Waals surface area contributed by atoms with E-state index < -0.39 is 5.41 Å². The summed E-state index contributed by atoms with van der Waals surface area (Å²) in [6.07, 6.45) is 4.43. The molecule has 0 saturated carbocycles. The smallest absolute Gasteiger partial charge is 0.257 e. The zero-order valence-electron chi connectivity index (χ0n) is 24.8. The number of hydroxylamine groups is 1. The fraction of sp³-hybridized carbons (Fsp3) is 0.364. The maximum absolute atomic E-state index is 14.0. The highest BCUT2D eigenvalue weighted by Gasteiger charge is 2.45. The maximum Gasteiger partial charge on any atom is 0.257 e. The number of carbonyl (C=O) groups excluding carboxylic acids is 2. The molecule has 1 unspecified atom stereocenters. The Morgan fingerprint density at radius 2 is 1.64 bits per heavy atom. The lowest BCUT2D eigenvalue weighted by Crippen LogP contribution is -2.51. The number of amides is 2. The molecular formula is C33H37N7O4. The van der Waals surface area contributed by atoms with Crippen LogP contribution in [0.5, 0.6) is 5.75 Å². The molecule has 228 valence electrons. The molecule has 2 N–H and O–H groups in total. The molecule has 2 aliphatic heterocycles. The second-order valence-corrected chi connectivity index (χ2v) is 11.7. The number of hydrogen-bond donors (Lipinski definition) is 2. The van der Waals surface area contributed by atoms with Crippen molar-refractivity contribution in [3.63, 3.8) is 0 Å². The number of hydrogen-bond acceptors (Lipinski definition) is 8. The topological polar surface area (TPSA) is 126 Å². The van der Waals surface area contributed by atoms with Gasteiger partial charge >= 0.3 is 0 Å². The van der Waals surface area contributed by atoms with Crippen LogP contribution in [0.2, 0.25) is 0 Å². The van der Waals surface area contributed by atoms with Gasteiger partial charge in [-0.2, -0.15) is 0 Å². The summed E-state index contributed by atoms with van der Waals surface area (Å²) in [7, 11) is 1.57. The van der Waals surface area contributed by atoms with Gasteiger partial charge in [0.15, 0.2) is 0 Å². The molecule has 0 aliphatic carbocycles. The molecule has 2 aliphatic rings. The van der Waals surface area contributed by atoms with Gasteiger partial charge in [0.2, 0.25) is 0 Å². The second kappa shape index (κ2) is 12.6. The number of piperidine rings is 1. The maximum atomic E-state index is 14.0. The van der Waals surface area contributed by atoms with Crippen LogP contribution in [-0.4, -0.2) is 86.9 Å². The molecule has 1 aromatic heterocycles. The first-order valence-electron chi connectivity index (χ1n) is 15.0. The van der Waals surface area contributed by atoms with E-state index in [4.69, 9.17) is 4.74 Å². The van der Waals surface area contributed by atoms with E-state index in [1.54, 1.807) is 19.2 Å². The van der Waals surface area contributed by atoms with Crippen molar-refractivity contribution in [1.82, 2.24) is 35.5 Å². The zero-order valence-corrected chi connectivity index (χ0v) is 24.8. The van der Waals surface area contributed by atoms with Crippen molar-refractivity contribution in [1.29, 1.82) is 0 Å². The third kappa shape index (κ3) is 5.56. The lowest BCUT2D eigenvalue weighted by atomic mass is 9.71. The highest BCUT2D eigenvalue weighted by Crippen LogP contribution is 2.41. The summed E-state index contributed by atoms with van der Waals surface area (Å²) >= 11 is 0. The Hall–Kier alpha value is -4.61. The van der Waals surface area contributed by atoms with Crippen LogP contribution in [0, 0.1) is 0 Å². The van der Waals surface area contributed by atoms with E-state index in [9.17, 15) is 14.8 Å². The summed E-state index contributed by atoms with van der Waals surface area (Å²) in [5.41, 5.74) is 4.26. The van der Waals surface area contributed by atoms with Gasteiger partial charge in [-0.25, -0.2) is 10.2 Å². The van der Waals surface area contributed by atoms with Crippen LogP contribution in [0.25, 0.3) is 5.69 Å². The lowest BCUT2D eigenvalue weighted by Gasteiger charge is -2.41. The molecule has 0 bridgehead atoms. The van der Waals surface area contributed by atoms with Crippen LogP contribution in [0.4, 0.5) is 0 Å². The Morgan fingerprint density at radius 1 is 0.932 bits per heavy atom. The van der Waals surface area contributed by atoms with Gasteiger partial charge in [-0.1, -0.05) is 60.7 Å². The van der Waals surface area contributed by atoms with E-state index in [-0.39, 0.29) is 17.2 Å². The molecule has 3 heterocycles. The molecule has 0 radical (unpaired) electrons. The summed E-state index contributed by atoms with van der Waals surface area (Å²) in [4.78, 5) is 31.2. The molecule has 3 aromatic carbocycles. The van der Waals surface area contributed by atoms with Crippen LogP contribution in [0.3, 0.4) is 0 Å². The third-order valence-electron chi connectivity index (χ3n) is 9.53. The average Bonchev–Trinajstić information content (AvgIpc) is 3.79. The van der Waals surface area contributed by atoms with Crippen LogP contribution in [0.15, 0.2) is 85.2 Å². The fourth-order valence-electron chi connectivity index (χ4n) is 6.92. The number of rotatable bonds is 9. The van der Waals surface area contributed by atoms with Gasteiger partial charge < -0.3 is 14.5 Å². The molecule has 2 saturated heterocycles. The monoisotopic (exact) mass is 595 g/mol. The number of tetrazole rings is 1. The number of methoxy groups -OCH3 is 1. The molecule has 44 heavy (non-hydrogen) atoms. The molecule has 11 nitrogen and oxygen atoms in total. The van der Waals surface area contributed by atoms with E-state index >= 15 is 0 Å². The minimum absolute atomic E-state index is 0.0878. The molecule has 6 rings (SSSR count). The zero-order chi connectivity index (χ0) is 30.6. The Bertz CT molecular complexity index is 1570. The van der Waals surface area contributed by atoms with E-state index in [2.05, 4.69) is 44.7 Å². The Morgan fingerprint density at radius 3 is 2.27 bits per heavy atom. The van der Waals surface area contributed by atoms with Crippen LogP contribution < -0.4 is 10.2 Å². The van der Waals surface area contributed by atoms with Crippen molar-refractivity contribution in [2.24, 2.45) is 0 Å². The first kappa shape index (κ1) is 29.5. The highest BCUT2D eigenvalue weighted by molar-refractivity contribution is 5.98. The van der Waals surface area contributed by atoms with E-state index in [0.29, 0.717) is 42.9 Å². The van der Waals surface area contributed by atoms with Gasteiger partial charge in [-0.05, 0) is 85.1 Å². The second-order valence-electron chi connectivity index (χ2n) is 11.7. The van der Waals surface area contributed by atoms with Gasteiger partial charge in [0.1, 0.15) is 12.1 Å². The summed E-state index contributed by atoms with van der Waals surface area (Å²) < 4.78 is 7.09. The fourth-order valence-corrected chi connectivity index (χ4v) is 6.92. The summed E-state index contributed by atoms with van der Waals surface area (Å²) in [5.74, 6) is 0.0648. The van der Waals surface area contributed by atoms with Crippen molar-refractivity contribution in [3.05, 3.63) is 102 Å². The van der Waals surface area contributed by atoms with Crippen LogP contribution in [-0.2, 0) is 15.6 Å². The predicted molar refractivity (Wildman–Crippen MR) is 163 cm³/mol. The predicted octanol–water partition coefficient (Wildman–Crippen LogP) is 3.38. The number of likely N-dealkylation sites (tertiary alicyclic amines) is 2. The van der Waals surface area contributed by atoms with E-state index in [0.717, 1.165) is 38.0 Å². The largest absolute Gasteiger partial charge is 0.496 e. The number of nitrogens with one attached hydrogen (secondary N) is 1. The SMILES string of the molecule is COc1ccc(-n2cnnn2)cc1C(=O)N1CCC(CCN2CCC(C(=O)NO)(c3ccccc3)CC2)(c2ccccc2)C1. The summed E-state index contributed by atoms with van der Waals surface area (Å²) in [6, 6.07) is 25.6. The van der Waals surface area contributed by atoms with Gasteiger partial charge in [-0.3, -0.25) is 14.8 Å². The Balaban J connectivity index is 1.19. The van der Waals surface area contributed by atoms with E-state index in [1.807, 2.05) is 52.8 Å². The van der Waals surface area contributed by atoms with Crippen LogP contribution >= 0.6 is 0 Å². The van der Waals surface area contributed by atoms with Gasteiger partial charge in [0, 0.05) is 18.5 Å².